The minimum atomic E-state index is -0.310. The SMILES string of the molecule is O=C(CCSc1ccccc1Br)N1CC(O)C1. The Kier molecular flexibility index (Phi) is 4.48. The molecular formula is C12H14BrNO2S. The topological polar surface area (TPSA) is 40.5 Å². The Morgan fingerprint density at radius 2 is 2.18 bits per heavy atom. The van der Waals surface area contributed by atoms with E-state index in [4.69, 9.17) is 5.11 Å². The molecule has 1 aliphatic rings. The van der Waals surface area contributed by atoms with Crippen LogP contribution in [0.25, 0.3) is 0 Å². The van der Waals surface area contributed by atoms with Gasteiger partial charge in [-0.3, -0.25) is 4.79 Å². The number of rotatable bonds is 4. The molecule has 0 unspecified atom stereocenters. The molecule has 0 spiro atoms. The van der Waals surface area contributed by atoms with E-state index in [0.29, 0.717) is 19.5 Å². The van der Waals surface area contributed by atoms with Crippen LogP contribution in [0, 0.1) is 0 Å². The van der Waals surface area contributed by atoms with Crippen molar-refractivity contribution in [2.24, 2.45) is 0 Å². The monoisotopic (exact) mass is 315 g/mol. The Labute approximate surface area is 113 Å². The second-order valence-corrected chi connectivity index (χ2v) is 5.97. The third-order valence-corrected chi connectivity index (χ3v) is 4.65. The predicted octanol–water partition coefficient (Wildman–Crippen LogP) is 2.13. The highest BCUT2D eigenvalue weighted by Gasteiger charge is 2.27. The van der Waals surface area contributed by atoms with Gasteiger partial charge in [0.2, 0.25) is 5.91 Å². The van der Waals surface area contributed by atoms with Crippen LogP contribution >= 0.6 is 27.7 Å². The van der Waals surface area contributed by atoms with Gasteiger partial charge >= 0.3 is 0 Å². The summed E-state index contributed by atoms with van der Waals surface area (Å²) in [7, 11) is 0. The molecule has 5 heteroatoms. The molecular weight excluding hydrogens is 302 g/mol. The summed E-state index contributed by atoms with van der Waals surface area (Å²) in [6, 6.07) is 7.99. The zero-order valence-electron chi connectivity index (χ0n) is 9.30. The van der Waals surface area contributed by atoms with Crippen molar-refractivity contribution in [3.8, 4) is 0 Å². The number of hydrogen-bond donors (Lipinski definition) is 1. The molecule has 0 bridgehead atoms. The van der Waals surface area contributed by atoms with Crippen LogP contribution in [0.15, 0.2) is 33.6 Å². The van der Waals surface area contributed by atoms with Gasteiger partial charge in [0.1, 0.15) is 0 Å². The Morgan fingerprint density at radius 3 is 2.82 bits per heavy atom. The molecule has 1 saturated heterocycles. The number of thioether (sulfide) groups is 1. The second-order valence-electron chi connectivity index (χ2n) is 3.98. The number of carbonyl (C=O) groups excluding carboxylic acids is 1. The van der Waals surface area contributed by atoms with Gasteiger partial charge in [-0.15, -0.1) is 11.8 Å². The van der Waals surface area contributed by atoms with E-state index in [-0.39, 0.29) is 12.0 Å². The highest BCUT2D eigenvalue weighted by Crippen LogP contribution is 2.27. The Morgan fingerprint density at radius 1 is 1.47 bits per heavy atom. The number of amides is 1. The maximum atomic E-state index is 11.6. The summed E-state index contributed by atoms with van der Waals surface area (Å²) in [5.41, 5.74) is 0. The smallest absolute Gasteiger partial charge is 0.223 e. The molecule has 1 N–H and O–H groups in total. The molecule has 1 aromatic carbocycles. The minimum Gasteiger partial charge on any atom is -0.389 e. The zero-order valence-corrected chi connectivity index (χ0v) is 11.7. The van der Waals surface area contributed by atoms with Crippen LogP contribution in [0.1, 0.15) is 6.42 Å². The predicted molar refractivity (Wildman–Crippen MR) is 72.1 cm³/mol. The number of aliphatic hydroxyl groups excluding tert-OH is 1. The van der Waals surface area contributed by atoms with E-state index in [2.05, 4.69) is 15.9 Å². The van der Waals surface area contributed by atoms with Crippen molar-refractivity contribution >= 4 is 33.6 Å². The van der Waals surface area contributed by atoms with E-state index < -0.39 is 0 Å². The molecule has 1 aromatic rings. The second kappa shape index (κ2) is 5.89. The molecule has 0 aromatic heterocycles. The van der Waals surface area contributed by atoms with Crippen molar-refractivity contribution in [3.63, 3.8) is 0 Å². The molecule has 92 valence electrons. The number of β-amino-alcohol motifs (C(OH)–C–C–N with tert-alkyl or cyclic N) is 1. The van der Waals surface area contributed by atoms with E-state index in [1.807, 2.05) is 24.3 Å². The van der Waals surface area contributed by atoms with Crippen LogP contribution in [0.4, 0.5) is 0 Å². The van der Waals surface area contributed by atoms with Gasteiger partial charge in [0.05, 0.1) is 6.10 Å². The van der Waals surface area contributed by atoms with Gasteiger partial charge in [-0.2, -0.15) is 0 Å². The molecule has 0 saturated carbocycles. The highest BCUT2D eigenvalue weighted by molar-refractivity contribution is 9.10. The summed E-state index contributed by atoms with van der Waals surface area (Å²) in [5, 5.41) is 9.10. The Hall–Kier alpha value is -0.520. The van der Waals surface area contributed by atoms with Crippen molar-refractivity contribution in [1.82, 2.24) is 4.90 Å². The van der Waals surface area contributed by atoms with E-state index in [9.17, 15) is 4.79 Å². The van der Waals surface area contributed by atoms with Crippen LogP contribution in [-0.2, 0) is 4.79 Å². The Bertz CT molecular complexity index is 407. The fraction of sp³-hybridized carbons (Fsp3) is 0.417. The van der Waals surface area contributed by atoms with Gasteiger partial charge in [0.15, 0.2) is 0 Å². The van der Waals surface area contributed by atoms with Crippen LogP contribution < -0.4 is 0 Å². The lowest BCUT2D eigenvalue weighted by Crippen LogP contribution is -2.53. The minimum absolute atomic E-state index is 0.134. The lowest BCUT2D eigenvalue weighted by atomic mass is 10.1. The van der Waals surface area contributed by atoms with Crippen LogP contribution in [0.3, 0.4) is 0 Å². The molecule has 3 nitrogen and oxygen atoms in total. The van der Waals surface area contributed by atoms with Crippen LogP contribution in [0.5, 0.6) is 0 Å². The highest BCUT2D eigenvalue weighted by atomic mass is 79.9. The van der Waals surface area contributed by atoms with Crippen molar-refractivity contribution in [2.45, 2.75) is 17.4 Å². The summed E-state index contributed by atoms with van der Waals surface area (Å²) in [6.45, 7) is 0.997. The lowest BCUT2D eigenvalue weighted by Gasteiger charge is -2.35. The van der Waals surface area contributed by atoms with Gasteiger partial charge in [-0.1, -0.05) is 12.1 Å². The largest absolute Gasteiger partial charge is 0.389 e. The summed E-state index contributed by atoms with van der Waals surface area (Å²) in [6.07, 6.45) is 0.216. The van der Waals surface area contributed by atoms with Gasteiger partial charge in [0, 0.05) is 34.6 Å². The fourth-order valence-electron chi connectivity index (χ4n) is 1.63. The summed E-state index contributed by atoms with van der Waals surface area (Å²) in [5.74, 6) is 0.906. The summed E-state index contributed by atoms with van der Waals surface area (Å²) >= 11 is 5.15. The van der Waals surface area contributed by atoms with Crippen molar-refractivity contribution in [1.29, 1.82) is 0 Å². The van der Waals surface area contributed by atoms with Crippen molar-refractivity contribution in [2.75, 3.05) is 18.8 Å². The maximum Gasteiger partial charge on any atom is 0.223 e. The van der Waals surface area contributed by atoms with Gasteiger partial charge in [-0.05, 0) is 28.1 Å². The molecule has 1 fully saturated rings. The summed E-state index contributed by atoms with van der Waals surface area (Å²) in [4.78, 5) is 14.5. The van der Waals surface area contributed by atoms with Gasteiger partial charge < -0.3 is 10.0 Å². The number of carbonyl (C=O) groups is 1. The van der Waals surface area contributed by atoms with Gasteiger partial charge in [-0.25, -0.2) is 0 Å². The number of nitrogens with zero attached hydrogens (tertiary/aromatic N) is 1. The lowest BCUT2D eigenvalue weighted by molar-refractivity contribution is -0.140. The summed E-state index contributed by atoms with van der Waals surface area (Å²) < 4.78 is 1.07. The van der Waals surface area contributed by atoms with Crippen LogP contribution in [-0.4, -0.2) is 40.9 Å². The average molecular weight is 316 g/mol. The number of hydrogen-bond acceptors (Lipinski definition) is 3. The average Bonchev–Trinajstić information content (AvgIpc) is 2.27. The van der Waals surface area contributed by atoms with E-state index in [1.165, 1.54) is 0 Å². The standard InChI is InChI=1S/C12H14BrNO2S/c13-10-3-1-2-4-11(10)17-6-5-12(16)14-7-9(15)8-14/h1-4,9,15H,5-8H2. The van der Waals surface area contributed by atoms with Gasteiger partial charge in [0.25, 0.3) is 0 Å². The molecule has 0 aliphatic carbocycles. The first-order valence-electron chi connectivity index (χ1n) is 5.50. The Balaban J connectivity index is 1.73. The van der Waals surface area contributed by atoms with Crippen LogP contribution in [0.2, 0.25) is 0 Å². The maximum absolute atomic E-state index is 11.6. The van der Waals surface area contributed by atoms with E-state index in [0.717, 1.165) is 15.1 Å². The van der Waals surface area contributed by atoms with Crippen molar-refractivity contribution in [3.05, 3.63) is 28.7 Å². The number of halogens is 1. The third-order valence-electron chi connectivity index (χ3n) is 2.63. The molecule has 1 heterocycles. The van der Waals surface area contributed by atoms with Crippen molar-refractivity contribution < 1.29 is 9.90 Å². The first kappa shape index (κ1) is 12.9. The zero-order chi connectivity index (χ0) is 12.3. The molecule has 1 aliphatic heterocycles. The van der Waals surface area contributed by atoms with E-state index >= 15 is 0 Å². The number of aliphatic hydroxyl groups is 1. The normalized spacial score (nSPS) is 15.8. The molecule has 17 heavy (non-hydrogen) atoms. The first-order valence-corrected chi connectivity index (χ1v) is 7.28. The quantitative estimate of drug-likeness (QED) is 0.865. The fourth-order valence-corrected chi connectivity index (χ4v) is 3.13. The molecule has 2 rings (SSSR count). The molecule has 0 atom stereocenters. The number of likely N-dealkylation sites (tertiary alicyclic amines) is 1. The first-order chi connectivity index (χ1) is 8.16. The molecule has 1 amide bonds. The molecule has 0 radical (unpaired) electrons. The number of benzene rings is 1. The third kappa shape index (κ3) is 3.47. The van der Waals surface area contributed by atoms with E-state index in [1.54, 1.807) is 16.7 Å².